The van der Waals surface area contributed by atoms with Gasteiger partial charge in [-0.05, 0) is 12.1 Å². The molecule has 1 aliphatic heterocycles. The molecule has 3 rings (SSSR count). The highest BCUT2D eigenvalue weighted by Crippen LogP contribution is 2.33. The zero-order chi connectivity index (χ0) is 19.7. The Balaban J connectivity index is 1.90. The first-order valence-corrected chi connectivity index (χ1v) is 8.35. The number of rotatable bonds is 3. The number of benzene rings is 2. The predicted octanol–water partition coefficient (Wildman–Crippen LogP) is 3.15. The minimum absolute atomic E-state index is 0.129. The van der Waals surface area contributed by atoms with E-state index in [2.05, 4.69) is 5.32 Å². The minimum Gasteiger partial charge on any atom is -0.465 e. The van der Waals surface area contributed by atoms with Gasteiger partial charge in [0.15, 0.2) is 5.82 Å². The van der Waals surface area contributed by atoms with E-state index in [1.165, 1.54) is 18.2 Å². The molecule has 1 aliphatic rings. The lowest BCUT2D eigenvalue weighted by atomic mass is 10.0. The Bertz CT molecular complexity index is 895. The number of nitrogens with zero attached hydrogens (tertiary/aromatic N) is 1. The molecule has 0 saturated carbocycles. The Labute approximate surface area is 158 Å². The molecule has 1 saturated heterocycles. The third kappa shape index (κ3) is 3.58. The topological polar surface area (TPSA) is 89.9 Å². The smallest absolute Gasteiger partial charge is 0.408 e. The van der Waals surface area contributed by atoms with E-state index in [1.807, 2.05) is 0 Å². The van der Waals surface area contributed by atoms with Gasteiger partial charge in [-0.25, -0.2) is 13.6 Å². The van der Waals surface area contributed by atoms with Gasteiger partial charge < -0.3 is 15.5 Å². The van der Waals surface area contributed by atoms with Gasteiger partial charge in [-0.3, -0.25) is 9.69 Å². The van der Waals surface area contributed by atoms with Crippen molar-refractivity contribution in [1.29, 1.82) is 0 Å². The monoisotopic (exact) mass is 396 g/mol. The highest BCUT2D eigenvalue weighted by molar-refractivity contribution is 6.33. The van der Waals surface area contributed by atoms with E-state index in [0.717, 1.165) is 0 Å². The minimum atomic E-state index is -1.91. The van der Waals surface area contributed by atoms with E-state index < -0.39 is 42.7 Å². The van der Waals surface area contributed by atoms with Gasteiger partial charge in [0.1, 0.15) is 18.3 Å². The number of aliphatic hydroxyl groups excluding tert-OH is 1. The predicted molar refractivity (Wildman–Crippen MR) is 94.9 cm³/mol. The number of hydrogen-bond acceptors (Lipinski definition) is 3. The molecule has 0 radical (unpaired) electrons. The maximum Gasteiger partial charge on any atom is 0.408 e. The van der Waals surface area contributed by atoms with Gasteiger partial charge >= 0.3 is 6.09 Å². The van der Waals surface area contributed by atoms with E-state index in [1.54, 1.807) is 24.3 Å². The summed E-state index contributed by atoms with van der Waals surface area (Å²) >= 11 is 6.08. The van der Waals surface area contributed by atoms with Crippen LogP contribution in [0.3, 0.4) is 0 Å². The summed E-state index contributed by atoms with van der Waals surface area (Å²) in [6, 6.07) is 9.09. The number of carboxylic acid groups (broad SMARTS) is 1. The highest BCUT2D eigenvalue weighted by atomic mass is 35.5. The van der Waals surface area contributed by atoms with E-state index in [0.29, 0.717) is 15.5 Å². The number of amides is 2. The van der Waals surface area contributed by atoms with Crippen molar-refractivity contribution >= 4 is 29.3 Å². The molecule has 2 amide bonds. The van der Waals surface area contributed by atoms with Crippen LogP contribution in [0.5, 0.6) is 0 Å². The first-order chi connectivity index (χ1) is 12.8. The molecule has 0 aliphatic carbocycles. The zero-order valence-electron chi connectivity index (χ0n) is 13.8. The summed E-state index contributed by atoms with van der Waals surface area (Å²) in [5.74, 6) is -1.81. The average Bonchev–Trinajstić information content (AvgIpc) is 2.93. The van der Waals surface area contributed by atoms with Crippen LogP contribution in [-0.4, -0.2) is 52.0 Å². The molecule has 0 aromatic heterocycles. The number of aliphatic hydroxyl groups is 1. The van der Waals surface area contributed by atoms with Crippen molar-refractivity contribution in [1.82, 2.24) is 4.90 Å². The van der Waals surface area contributed by atoms with Gasteiger partial charge in [0.25, 0.3) is 0 Å². The number of nitrogens with one attached hydrogen (secondary N) is 1. The maximum atomic E-state index is 14.9. The molecule has 1 fully saturated rings. The molecule has 142 valence electrons. The van der Waals surface area contributed by atoms with Crippen LogP contribution < -0.4 is 5.32 Å². The fraction of sp³-hybridized carbons (Fsp3) is 0.222. The summed E-state index contributed by atoms with van der Waals surface area (Å²) in [6.45, 7) is -0.642. The van der Waals surface area contributed by atoms with Crippen LogP contribution in [-0.2, 0) is 4.79 Å². The second kappa shape index (κ2) is 7.50. The summed E-state index contributed by atoms with van der Waals surface area (Å²) < 4.78 is 28.5. The summed E-state index contributed by atoms with van der Waals surface area (Å²) in [5, 5.41) is 21.4. The summed E-state index contributed by atoms with van der Waals surface area (Å²) in [6.07, 6.45) is -5.30. The summed E-state index contributed by atoms with van der Waals surface area (Å²) in [5.41, 5.74) is 0.297. The lowest BCUT2D eigenvalue weighted by molar-refractivity contribution is -0.122. The van der Waals surface area contributed by atoms with Crippen molar-refractivity contribution in [2.75, 3.05) is 11.9 Å². The molecular formula is C18H15ClF2N2O4. The first-order valence-electron chi connectivity index (χ1n) is 7.97. The average molecular weight is 397 g/mol. The Morgan fingerprint density at radius 3 is 2.48 bits per heavy atom. The molecule has 6 nitrogen and oxygen atoms in total. The van der Waals surface area contributed by atoms with Crippen LogP contribution in [0.1, 0.15) is 0 Å². The van der Waals surface area contributed by atoms with Gasteiger partial charge in [-0.1, -0.05) is 41.9 Å². The van der Waals surface area contributed by atoms with Gasteiger partial charge in [0.2, 0.25) is 5.91 Å². The number of alkyl halides is 1. The molecule has 2 aromatic carbocycles. The molecule has 3 unspecified atom stereocenters. The number of likely N-dealkylation sites (tertiary alicyclic amines) is 1. The Morgan fingerprint density at radius 1 is 1.15 bits per heavy atom. The number of carbonyl (C=O) groups is 2. The Morgan fingerprint density at radius 2 is 1.81 bits per heavy atom. The van der Waals surface area contributed by atoms with Crippen molar-refractivity contribution in [3.8, 4) is 11.1 Å². The maximum absolute atomic E-state index is 14.9. The van der Waals surface area contributed by atoms with Crippen LogP contribution >= 0.6 is 11.6 Å². The molecule has 1 heterocycles. The van der Waals surface area contributed by atoms with Crippen LogP contribution in [0.25, 0.3) is 11.1 Å². The van der Waals surface area contributed by atoms with Crippen molar-refractivity contribution < 1.29 is 28.6 Å². The molecular weight excluding hydrogens is 382 g/mol. The quantitative estimate of drug-likeness (QED) is 0.743. The van der Waals surface area contributed by atoms with Gasteiger partial charge in [0.05, 0.1) is 12.2 Å². The lowest BCUT2D eigenvalue weighted by Crippen LogP contribution is -2.47. The molecule has 3 N–H and O–H groups in total. The first kappa shape index (κ1) is 19.1. The second-order valence-corrected chi connectivity index (χ2v) is 6.43. The fourth-order valence-corrected chi connectivity index (χ4v) is 3.25. The molecule has 27 heavy (non-hydrogen) atoms. The van der Waals surface area contributed by atoms with Crippen molar-refractivity contribution in [3.05, 3.63) is 53.3 Å². The van der Waals surface area contributed by atoms with Crippen molar-refractivity contribution in [2.45, 2.75) is 18.3 Å². The van der Waals surface area contributed by atoms with Crippen molar-refractivity contribution in [3.63, 3.8) is 0 Å². The van der Waals surface area contributed by atoms with Crippen LogP contribution in [0.2, 0.25) is 5.02 Å². The molecule has 3 atom stereocenters. The molecule has 2 aromatic rings. The van der Waals surface area contributed by atoms with Crippen LogP contribution in [0.15, 0.2) is 42.5 Å². The second-order valence-electron chi connectivity index (χ2n) is 6.02. The Hall–Kier alpha value is -2.71. The van der Waals surface area contributed by atoms with Gasteiger partial charge in [0, 0.05) is 16.1 Å². The van der Waals surface area contributed by atoms with E-state index in [4.69, 9.17) is 16.7 Å². The molecule has 0 bridgehead atoms. The number of carbonyl (C=O) groups excluding carboxylic acids is 1. The summed E-state index contributed by atoms with van der Waals surface area (Å²) in [7, 11) is 0. The van der Waals surface area contributed by atoms with E-state index in [9.17, 15) is 23.5 Å². The van der Waals surface area contributed by atoms with Crippen LogP contribution in [0, 0.1) is 5.82 Å². The van der Waals surface area contributed by atoms with Gasteiger partial charge in [-0.15, -0.1) is 0 Å². The van der Waals surface area contributed by atoms with Gasteiger partial charge in [-0.2, -0.15) is 0 Å². The number of hydrogen-bond donors (Lipinski definition) is 3. The number of halogens is 3. The van der Waals surface area contributed by atoms with E-state index in [-0.39, 0.29) is 11.3 Å². The third-order valence-corrected chi connectivity index (χ3v) is 4.67. The molecule has 0 spiro atoms. The SMILES string of the molecule is O=C(Nc1cccc(-c2ccccc2Cl)c1F)C1C(O)C(F)CN1C(=O)O. The third-order valence-electron chi connectivity index (χ3n) is 4.34. The Kier molecular flexibility index (Phi) is 5.29. The van der Waals surface area contributed by atoms with Crippen LogP contribution in [0.4, 0.5) is 19.3 Å². The summed E-state index contributed by atoms with van der Waals surface area (Å²) in [4.78, 5) is 24.1. The van der Waals surface area contributed by atoms with E-state index >= 15 is 0 Å². The standard InChI is InChI=1S/C18H15ClF2N2O4/c19-11-6-2-1-4-9(11)10-5-3-7-13(14(10)21)22-17(25)15-16(24)12(20)8-23(15)18(26)27/h1-7,12,15-16,24H,8H2,(H,22,25)(H,26,27). The fourth-order valence-electron chi connectivity index (χ4n) is 3.01. The molecule has 9 heteroatoms. The largest absolute Gasteiger partial charge is 0.465 e. The normalized spacial score (nSPS) is 21.9. The zero-order valence-corrected chi connectivity index (χ0v) is 14.5. The number of anilines is 1. The lowest BCUT2D eigenvalue weighted by Gasteiger charge is -2.22. The highest BCUT2D eigenvalue weighted by Gasteiger charge is 2.47. The van der Waals surface area contributed by atoms with Crippen molar-refractivity contribution in [2.24, 2.45) is 0 Å².